The third kappa shape index (κ3) is 2.82. The number of hydrogen-bond donors (Lipinski definition) is 2. The smallest absolute Gasteiger partial charge is 0.249 e. The number of pyridine rings is 1. The van der Waals surface area contributed by atoms with Crippen LogP contribution in [-0.4, -0.2) is 17.4 Å². The van der Waals surface area contributed by atoms with Crippen LogP contribution in [0.4, 0.5) is 4.39 Å². The second-order valence-corrected chi connectivity index (χ2v) is 7.04. The first-order valence-electron chi connectivity index (χ1n) is 8.67. The minimum Gasteiger partial charge on any atom is -0.464 e. The van der Waals surface area contributed by atoms with Gasteiger partial charge in [-0.25, -0.2) is 9.37 Å². The molecule has 2 aromatic carbocycles. The summed E-state index contributed by atoms with van der Waals surface area (Å²) in [5.74, 6) is -1.04. The van der Waals surface area contributed by atoms with Crippen LogP contribution in [-0.2, 0) is 12.0 Å². The van der Waals surface area contributed by atoms with Gasteiger partial charge in [-0.05, 0) is 17.7 Å². The summed E-state index contributed by atoms with van der Waals surface area (Å²) in [4.78, 5) is 16.2. The zero-order valence-electron chi connectivity index (χ0n) is 14.8. The van der Waals surface area contributed by atoms with Crippen molar-refractivity contribution in [2.75, 3.05) is 6.54 Å². The Kier molecular flexibility index (Phi) is 4.53. The predicted molar refractivity (Wildman–Crippen MR) is 105 cm³/mol. The summed E-state index contributed by atoms with van der Waals surface area (Å²) in [5, 5.41) is 0.204. The van der Waals surface area contributed by atoms with E-state index in [1.54, 1.807) is 0 Å². The minimum absolute atomic E-state index is 0.0419. The monoisotopic (exact) mass is 397 g/mol. The van der Waals surface area contributed by atoms with Gasteiger partial charge < -0.3 is 16.2 Å². The Hall–Kier alpha value is -2.96. The number of primary amides is 1. The van der Waals surface area contributed by atoms with E-state index < -0.39 is 17.3 Å². The highest BCUT2D eigenvalue weighted by molar-refractivity contribution is 6.33. The van der Waals surface area contributed by atoms with E-state index in [1.807, 2.05) is 30.3 Å². The maximum atomic E-state index is 14.8. The van der Waals surface area contributed by atoms with Gasteiger partial charge in [0.1, 0.15) is 5.82 Å². The number of benzene rings is 2. The lowest BCUT2D eigenvalue weighted by Gasteiger charge is -2.27. The number of rotatable bonds is 4. The van der Waals surface area contributed by atoms with Gasteiger partial charge in [-0.15, -0.1) is 0 Å². The Labute approximate surface area is 166 Å². The molecule has 4 N–H and O–H groups in total. The van der Waals surface area contributed by atoms with Crippen molar-refractivity contribution in [2.24, 2.45) is 11.5 Å². The van der Waals surface area contributed by atoms with Crippen molar-refractivity contribution < 1.29 is 13.9 Å². The first kappa shape index (κ1) is 18.4. The van der Waals surface area contributed by atoms with Gasteiger partial charge >= 0.3 is 0 Å². The lowest BCUT2D eigenvalue weighted by molar-refractivity contribution is 0.0978. The second kappa shape index (κ2) is 6.89. The molecule has 7 heteroatoms. The predicted octanol–water partition coefficient (Wildman–Crippen LogP) is 3.43. The molecule has 28 heavy (non-hydrogen) atoms. The van der Waals surface area contributed by atoms with Gasteiger partial charge in [0.05, 0.1) is 11.2 Å². The Bertz CT molecular complexity index is 1070. The average Bonchev–Trinajstić information content (AvgIpc) is 3.09. The standard InChI is InChI=1S/C21H17ClFN3O2/c22-15-10-26-20-14(9-21(11-24,28-20)12-5-2-1-3-6-12)17(15)18-13(19(25)27)7-4-8-16(18)23/h1-8,10H,9,11,24H2,(H2,25,27). The van der Waals surface area contributed by atoms with Gasteiger partial charge in [-0.1, -0.05) is 48.0 Å². The summed E-state index contributed by atoms with van der Waals surface area (Å²) < 4.78 is 20.9. The highest BCUT2D eigenvalue weighted by Crippen LogP contribution is 2.47. The molecule has 0 bridgehead atoms. The van der Waals surface area contributed by atoms with E-state index in [0.29, 0.717) is 23.4 Å². The molecule has 0 aliphatic carbocycles. The van der Waals surface area contributed by atoms with Crippen LogP contribution >= 0.6 is 11.6 Å². The van der Waals surface area contributed by atoms with E-state index in [4.69, 9.17) is 27.8 Å². The summed E-state index contributed by atoms with van der Waals surface area (Å²) in [7, 11) is 0. The number of nitrogens with two attached hydrogens (primary N) is 2. The third-order valence-electron chi connectivity index (χ3n) is 5.01. The Balaban J connectivity index is 1.94. The molecule has 2 heterocycles. The SMILES string of the molecule is NCC1(c2ccccc2)Cc2c(ncc(Cl)c2-c2c(F)cccc2C(N)=O)O1. The first-order valence-corrected chi connectivity index (χ1v) is 9.05. The fourth-order valence-electron chi connectivity index (χ4n) is 3.66. The zero-order valence-corrected chi connectivity index (χ0v) is 15.5. The number of nitrogens with zero attached hydrogens (tertiary/aromatic N) is 1. The van der Waals surface area contributed by atoms with E-state index in [0.717, 1.165) is 5.56 Å². The van der Waals surface area contributed by atoms with E-state index >= 15 is 0 Å². The Morgan fingerprint density at radius 1 is 1.18 bits per heavy atom. The number of fused-ring (bicyclic) bond motifs is 1. The second-order valence-electron chi connectivity index (χ2n) is 6.63. The van der Waals surface area contributed by atoms with Crippen molar-refractivity contribution in [2.45, 2.75) is 12.0 Å². The normalized spacial score (nSPS) is 17.8. The van der Waals surface area contributed by atoms with Crippen molar-refractivity contribution in [3.63, 3.8) is 0 Å². The van der Waals surface area contributed by atoms with Gasteiger partial charge in [0.25, 0.3) is 0 Å². The number of hydrogen-bond acceptors (Lipinski definition) is 4. The molecule has 1 aliphatic heterocycles. The highest BCUT2D eigenvalue weighted by atomic mass is 35.5. The van der Waals surface area contributed by atoms with E-state index in [-0.39, 0.29) is 22.7 Å². The molecule has 0 saturated heterocycles. The number of carbonyl (C=O) groups excluding carboxylic acids is 1. The molecular weight excluding hydrogens is 381 g/mol. The molecule has 3 aromatic rings. The van der Waals surface area contributed by atoms with Crippen molar-refractivity contribution >= 4 is 17.5 Å². The molecule has 0 spiro atoms. The van der Waals surface area contributed by atoms with Crippen LogP contribution in [0.15, 0.2) is 54.7 Å². The Morgan fingerprint density at radius 3 is 2.61 bits per heavy atom. The molecule has 0 radical (unpaired) electrons. The van der Waals surface area contributed by atoms with Gasteiger partial charge in [-0.2, -0.15) is 0 Å². The number of amides is 1. The van der Waals surface area contributed by atoms with Crippen LogP contribution in [0.1, 0.15) is 21.5 Å². The number of halogens is 2. The highest BCUT2D eigenvalue weighted by Gasteiger charge is 2.43. The van der Waals surface area contributed by atoms with Crippen molar-refractivity contribution in [1.29, 1.82) is 0 Å². The third-order valence-corrected chi connectivity index (χ3v) is 5.29. The zero-order chi connectivity index (χ0) is 19.9. The summed E-state index contributed by atoms with van der Waals surface area (Å²) in [6.07, 6.45) is 1.71. The lowest BCUT2D eigenvalue weighted by atomic mass is 9.86. The molecule has 1 aliphatic rings. The number of ether oxygens (including phenoxy) is 1. The summed E-state index contributed by atoms with van der Waals surface area (Å²) in [5.41, 5.74) is 12.6. The van der Waals surface area contributed by atoms with Crippen molar-refractivity contribution in [3.8, 4) is 17.0 Å². The van der Waals surface area contributed by atoms with Crippen LogP contribution in [0.2, 0.25) is 5.02 Å². The summed E-state index contributed by atoms with van der Waals surface area (Å²) in [6.45, 7) is 0.185. The maximum absolute atomic E-state index is 14.8. The summed E-state index contributed by atoms with van der Waals surface area (Å²) in [6, 6.07) is 13.7. The molecule has 1 aromatic heterocycles. The maximum Gasteiger partial charge on any atom is 0.249 e. The van der Waals surface area contributed by atoms with E-state index in [9.17, 15) is 9.18 Å². The van der Waals surface area contributed by atoms with Crippen molar-refractivity contribution in [3.05, 3.63) is 82.3 Å². The first-order chi connectivity index (χ1) is 13.5. The number of carbonyl (C=O) groups is 1. The van der Waals surface area contributed by atoms with Gasteiger partial charge in [0, 0.05) is 35.2 Å². The topological polar surface area (TPSA) is 91.2 Å². The fraction of sp³-hybridized carbons (Fsp3) is 0.143. The van der Waals surface area contributed by atoms with Gasteiger partial charge in [-0.3, -0.25) is 4.79 Å². The molecule has 1 unspecified atom stereocenters. The quantitative estimate of drug-likeness (QED) is 0.705. The van der Waals surface area contributed by atoms with Crippen LogP contribution in [0.5, 0.6) is 5.88 Å². The largest absolute Gasteiger partial charge is 0.464 e. The molecule has 0 fully saturated rings. The van der Waals surface area contributed by atoms with Crippen LogP contribution < -0.4 is 16.2 Å². The average molecular weight is 398 g/mol. The lowest BCUT2D eigenvalue weighted by Crippen LogP contribution is -2.39. The Morgan fingerprint density at radius 2 is 1.93 bits per heavy atom. The van der Waals surface area contributed by atoms with Gasteiger partial charge in [0.15, 0.2) is 5.60 Å². The fourth-order valence-corrected chi connectivity index (χ4v) is 3.91. The van der Waals surface area contributed by atoms with Crippen molar-refractivity contribution in [1.82, 2.24) is 4.98 Å². The van der Waals surface area contributed by atoms with E-state index in [2.05, 4.69) is 4.98 Å². The van der Waals surface area contributed by atoms with Crippen LogP contribution in [0.3, 0.4) is 0 Å². The molecule has 1 amide bonds. The van der Waals surface area contributed by atoms with E-state index in [1.165, 1.54) is 24.4 Å². The summed E-state index contributed by atoms with van der Waals surface area (Å²) >= 11 is 6.41. The molecule has 0 saturated carbocycles. The molecule has 142 valence electrons. The van der Waals surface area contributed by atoms with Gasteiger partial charge in [0.2, 0.25) is 11.8 Å². The molecule has 4 rings (SSSR count). The number of aromatic nitrogens is 1. The van der Waals surface area contributed by atoms with Crippen LogP contribution in [0, 0.1) is 5.82 Å². The minimum atomic E-state index is -0.853. The van der Waals surface area contributed by atoms with Crippen LogP contribution in [0.25, 0.3) is 11.1 Å². The molecule has 5 nitrogen and oxygen atoms in total. The molecular formula is C21H17ClFN3O2. The molecule has 1 atom stereocenters.